The lowest BCUT2D eigenvalue weighted by Gasteiger charge is -2.29. The molecular weight excluding hydrogens is 280 g/mol. The molecule has 1 rings (SSSR count). The number of amides is 2. The fraction of sp³-hybridized carbons (Fsp3) is 0.882. The Balaban J connectivity index is 2.50. The fourth-order valence-electron chi connectivity index (χ4n) is 2.75. The average Bonchev–Trinajstić information content (AvgIpc) is 2.50. The molecule has 2 unspecified atom stereocenters. The molecule has 5 nitrogen and oxygen atoms in total. The molecule has 1 aliphatic carbocycles. The molecule has 2 atom stereocenters. The number of rotatable bonds is 7. The molecule has 0 saturated heterocycles. The minimum atomic E-state index is -0.637. The van der Waals surface area contributed by atoms with Crippen molar-refractivity contribution < 1.29 is 14.3 Å². The molecule has 22 heavy (non-hydrogen) atoms. The van der Waals surface area contributed by atoms with Crippen molar-refractivity contribution in [3.05, 3.63) is 0 Å². The van der Waals surface area contributed by atoms with Gasteiger partial charge in [-0.3, -0.25) is 9.59 Å². The zero-order valence-corrected chi connectivity index (χ0v) is 14.6. The van der Waals surface area contributed by atoms with E-state index in [2.05, 4.69) is 17.6 Å². The lowest BCUT2D eigenvalue weighted by Crippen LogP contribution is -2.53. The first-order valence-corrected chi connectivity index (χ1v) is 8.48. The maximum absolute atomic E-state index is 12.0. The van der Waals surface area contributed by atoms with Gasteiger partial charge in [0.2, 0.25) is 11.8 Å². The molecule has 1 fully saturated rings. The molecule has 0 aromatic rings. The zero-order valence-electron chi connectivity index (χ0n) is 14.6. The third-order valence-electron chi connectivity index (χ3n) is 4.55. The predicted octanol–water partition coefficient (Wildman–Crippen LogP) is 2.10. The first kappa shape index (κ1) is 18.9. The minimum Gasteiger partial charge on any atom is -0.376 e. The standard InChI is InChI=1S/C17H32N2O3/c1-11(2)16(20)19-15(17(21)18-5)13(4)22-10-14-8-6-12(3)7-9-14/h11-15H,6-10H2,1-5H3,(H,18,21)(H,19,20). The number of nitrogens with one attached hydrogen (secondary N) is 2. The topological polar surface area (TPSA) is 67.4 Å². The van der Waals surface area contributed by atoms with E-state index in [9.17, 15) is 9.59 Å². The second-order valence-electron chi connectivity index (χ2n) is 6.92. The van der Waals surface area contributed by atoms with E-state index in [0.717, 1.165) is 5.92 Å². The number of hydrogen-bond acceptors (Lipinski definition) is 3. The van der Waals surface area contributed by atoms with Crippen molar-refractivity contribution >= 4 is 11.8 Å². The highest BCUT2D eigenvalue weighted by Gasteiger charge is 2.28. The summed E-state index contributed by atoms with van der Waals surface area (Å²) in [7, 11) is 1.58. The molecule has 5 heteroatoms. The Morgan fingerprint density at radius 1 is 1.09 bits per heavy atom. The maximum atomic E-state index is 12.0. The van der Waals surface area contributed by atoms with Crippen LogP contribution in [0.3, 0.4) is 0 Å². The Morgan fingerprint density at radius 3 is 2.18 bits per heavy atom. The molecule has 0 aliphatic heterocycles. The van der Waals surface area contributed by atoms with Crippen LogP contribution in [-0.4, -0.2) is 37.6 Å². The van der Waals surface area contributed by atoms with Gasteiger partial charge >= 0.3 is 0 Å². The Kier molecular flexibility index (Phi) is 7.87. The molecule has 128 valence electrons. The van der Waals surface area contributed by atoms with Gasteiger partial charge in [0.05, 0.1) is 6.10 Å². The van der Waals surface area contributed by atoms with Gasteiger partial charge in [-0.2, -0.15) is 0 Å². The number of carbonyl (C=O) groups excluding carboxylic acids is 2. The summed E-state index contributed by atoms with van der Waals surface area (Å²) in [6.45, 7) is 8.43. The van der Waals surface area contributed by atoms with Crippen molar-refractivity contribution in [3.8, 4) is 0 Å². The molecule has 0 heterocycles. The number of hydrogen-bond donors (Lipinski definition) is 2. The van der Waals surface area contributed by atoms with Gasteiger partial charge in [-0.1, -0.05) is 33.6 Å². The van der Waals surface area contributed by atoms with Crippen LogP contribution in [0.15, 0.2) is 0 Å². The van der Waals surface area contributed by atoms with Gasteiger partial charge in [-0.25, -0.2) is 0 Å². The second kappa shape index (κ2) is 9.13. The highest BCUT2D eigenvalue weighted by molar-refractivity contribution is 5.88. The van der Waals surface area contributed by atoms with Crippen molar-refractivity contribution in [2.45, 2.75) is 65.5 Å². The minimum absolute atomic E-state index is 0.129. The van der Waals surface area contributed by atoms with Gasteiger partial charge in [0.25, 0.3) is 0 Å². The van der Waals surface area contributed by atoms with Crippen LogP contribution in [0.4, 0.5) is 0 Å². The predicted molar refractivity (Wildman–Crippen MR) is 87.4 cm³/mol. The third kappa shape index (κ3) is 5.95. The van der Waals surface area contributed by atoms with E-state index in [1.54, 1.807) is 7.05 Å². The molecule has 2 N–H and O–H groups in total. The van der Waals surface area contributed by atoms with Gasteiger partial charge in [0.15, 0.2) is 0 Å². The van der Waals surface area contributed by atoms with Gasteiger partial charge < -0.3 is 15.4 Å². The molecule has 0 aromatic heterocycles. The first-order chi connectivity index (χ1) is 10.3. The van der Waals surface area contributed by atoms with Crippen molar-refractivity contribution in [3.63, 3.8) is 0 Å². The van der Waals surface area contributed by atoms with Gasteiger partial charge in [0, 0.05) is 19.6 Å². The highest BCUT2D eigenvalue weighted by Crippen LogP contribution is 2.28. The van der Waals surface area contributed by atoms with Crippen LogP contribution in [-0.2, 0) is 14.3 Å². The van der Waals surface area contributed by atoms with Crippen molar-refractivity contribution in [2.75, 3.05) is 13.7 Å². The lowest BCUT2D eigenvalue weighted by atomic mass is 9.83. The summed E-state index contributed by atoms with van der Waals surface area (Å²) in [5, 5.41) is 5.39. The van der Waals surface area contributed by atoms with Gasteiger partial charge in [-0.05, 0) is 31.6 Å². The maximum Gasteiger partial charge on any atom is 0.245 e. The van der Waals surface area contributed by atoms with Crippen LogP contribution in [0.5, 0.6) is 0 Å². The Labute approximate surface area is 134 Å². The number of carbonyl (C=O) groups is 2. The van der Waals surface area contributed by atoms with Crippen LogP contribution < -0.4 is 10.6 Å². The number of ether oxygens (including phenoxy) is 1. The fourth-order valence-corrected chi connectivity index (χ4v) is 2.75. The summed E-state index contributed by atoms with van der Waals surface area (Å²) in [6, 6.07) is -0.637. The van der Waals surface area contributed by atoms with E-state index in [1.165, 1.54) is 25.7 Å². The van der Waals surface area contributed by atoms with E-state index in [4.69, 9.17) is 4.74 Å². The van der Waals surface area contributed by atoms with Gasteiger partial charge in [-0.15, -0.1) is 0 Å². The van der Waals surface area contributed by atoms with E-state index in [-0.39, 0.29) is 23.8 Å². The average molecular weight is 312 g/mol. The van der Waals surface area contributed by atoms with Crippen LogP contribution in [0.2, 0.25) is 0 Å². The summed E-state index contributed by atoms with van der Waals surface area (Å²) in [6.07, 6.45) is 4.56. The molecular formula is C17H32N2O3. The number of likely N-dealkylation sites (N-methyl/N-ethyl adjacent to an activating group) is 1. The van der Waals surface area contributed by atoms with E-state index >= 15 is 0 Å². The summed E-state index contributed by atoms with van der Waals surface area (Å²) in [4.78, 5) is 23.9. The Bertz CT molecular complexity index is 363. The molecule has 0 aromatic carbocycles. The smallest absolute Gasteiger partial charge is 0.245 e. The Morgan fingerprint density at radius 2 is 1.68 bits per heavy atom. The monoisotopic (exact) mass is 312 g/mol. The molecule has 2 amide bonds. The SMILES string of the molecule is CNC(=O)C(NC(=O)C(C)C)C(C)OCC1CCC(C)CC1. The Hall–Kier alpha value is -1.10. The van der Waals surface area contributed by atoms with E-state index < -0.39 is 6.04 Å². The zero-order chi connectivity index (χ0) is 16.7. The molecule has 1 aliphatic rings. The van der Waals surface area contributed by atoms with Crippen LogP contribution >= 0.6 is 0 Å². The van der Waals surface area contributed by atoms with Crippen molar-refractivity contribution in [1.82, 2.24) is 10.6 Å². The second-order valence-corrected chi connectivity index (χ2v) is 6.92. The van der Waals surface area contributed by atoms with Crippen LogP contribution in [0.25, 0.3) is 0 Å². The lowest BCUT2D eigenvalue weighted by molar-refractivity contribution is -0.134. The summed E-state index contributed by atoms with van der Waals surface area (Å²) < 4.78 is 5.91. The van der Waals surface area contributed by atoms with Gasteiger partial charge in [0.1, 0.15) is 6.04 Å². The normalized spacial score (nSPS) is 24.6. The molecule has 0 spiro atoms. The molecule has 0 radical (unpaired) electrons. The third-order valence-corrected chi connectivity index (χ3v) is 4.55. The van der Waals surface area contributed by atoms with Crippen molar-refractivity contribution in [2.24, 2.45) is 17.8 Å². The molecule has 0 bridgehead atoms. The summed E-state index contributed by atoms with van der Waals surface area (Å²) >= 11 is 0. The van der Waals surface area contributed by atoms with E-state index in [0.29, 0.717) is 12.5 Å². The summed E-state index contributed by atoms with van der Waals surface area (Å²) in [5.74, 6) is 0.899. The molecule has 1 saturated carbocycles. The highest BCUT2D eigenvalue weighted by atomic mass is 16.5. The van der Waals surface area contributed by atoms with Crippen LogP contribution in [0, 0.1) is 17.8 Å². The van der Waals surface area contributed by atoms with Crippen LogP contribution in [0.1, 0.15) is 53.4 Å². The largest absolute Gasteiger partial charge is 0.376 e. The van der Waals surface area contributed by atoms with Crippen molar-refractivity contribution in [1.29, 1.82) is 0 Å². The van der Waals surface area contributed by atoms with E-state index in [1.807, 2.05) is 20.8 Å². The quantitative estimate of drug-likeness (QED) is 0.756. The summed E-state index contributed by atoms with van der Waals surface area (Å²) in [5.41, 5.74) is 0. The first-order valence-electron chi connectivity index (χ1n) is 8.48.